The van der Waals surface area contributed by atoms with Crippen LogP contribution in [-0.2, 0) is 19.3 Å². The van der Waals surface area contributed by atoms with E-state index in [-0.39, 0.29) is 23.6 Å². The fourth-order valence-corrected chi connectivity index (χ4v) is 2.76. The average molecular weight is 389 g/mol. The Hall–Kier alpha value is -2.13. The van der Waals surface area contributed by atoms with E-state index in [1.807, 2.05) is 0 Å². The molecule has 146 valence electrons. The van der Waals surface area contributed by atoms with Crippen molar-refractivity contribution >= 4 is 15.9 Å². The van der Waals surface area contributed by atoms with Gasteiger partial charge in [0.1, 0.15) is 18.0 Å². The third kappa shape index (κ3) is 7.83. The third-order valence-corrected chi connectivity index (χ3v) is 4.43. The van der Waals surface area contributed by atoms with E-state index in [9.17, 15) is 17.6 Å². The summed E-state index contributed by atoms with van der Waals surface area (Å²) in [5, 5.41) is 2.43. The minimum Gasteiger partial charge on any atom is -0.489 e. The van der Waals surface area contributed by atoms with Crippen molar-refractivity contribution < 1.29 is 31.8 Å². The highest BCUT2D eigenvalue weighted by atomic mass is 32.2. The molecular weight excluding hydrogens is 365 g/mol. The average Bonchev–Trinajstić information content (AvgIpc) is 2.53. The van der Waals surface area contributed by atoms with Gasteiger partial charge in [-0.25, -0.2) is 17.6 Å². The second-order valence-corrected chi connectivity index (χ2v) is 8.34. The number of nitrogens with one attached hydrogen (secondary N) is 1. The van der Waals surface area contributed by atoms with Gasteiger partial charge in [-0.1, -0.05) is 0 Å². The molecule has 0 saturated carbocycles. The van der Waals surface area contributed by atoms with Gasteiger partial charge in [-0.2, -0.15) is 0 Å². The SMILES string of the molecule is COCS(=O)(=O)c1ccc(OC/C(=C/F)CNC(=O)OC(C)(C)C)cc1. The lowest BCUT2D eigenvalue weighted by Gasteiger charge is -2.20. The number of sulfone groups is 1. The van der Waals surface area contributed by atoms with Gasteiger partial charge in [0.25, 0.3) is 0 Å². The summed E-state index contributed by atoms with van der Waals surface area (Å²) in [7, 11) is -2.21. The molecule has 0 aliphatic rings. The second kappa shape index (κ2) is 9.54. The Morgan fingerprint density at radius 2 is 1.85 bits per heavy atom. The summed E-state index contributed by atoms with van der Waals surface area (Å²) in [6.45, 7) is 4.97. The molecule has 1 amide bonds. The van der Waals surface area contributed by atoms with E-state index >= 15 is 0 Å². The van der Waals surface area contributed by atoms with Gasteiger partial charge >= 0.3 is 6.09 Å². The molecule has 0 aromatic heterocycles. The molecule has 0 saturated heterocycles. The number of halogens is 1. The molecule has 0 spiro atoms. The number of rotatable bonds is 8. The quantitative estimate of drug-likeness (QED) is 0.735. The van der Waals surface area contributed by atoms with Crippen LogP contribution in [0, 0.1) is 0 Å². The van der Waals surface area contributed by atoms with Crippen LogP contribution in [0.4, 0.5) is 9.18 Å². The number of benzene rings is 1. The molecule has 26 heavy (non-hydrogen) atoms. The maximum absolute atomic E-state index is 12.9. The first-order valence-electron chi connectivity index (χ1n) is 7.77. The smallest absolute Gasteiger partial charge is 0.407 e. The Morgan fingerprint density at radius 1 is 1.23 bits per heavy atom. The summed E-state index contributed by atoms with van der Waals surface area (Å²) < 4.78 is 51.7. The van der Waals surface area contributed by atoms with Crippen LogP contribution in [0.5, 0.6) is 5.75 Å². The van der Waals surface area contributed by atoms with E-state index in [0.717, 1.165) is 0 Å². The maximum Gasteiger partial charge on any atom is 0.407 e. The number of alkyl carbamates (subject to hydrolysis) is 1. The number of hydrogen-bond acceptors (Lipinski definition) is 6. The van der Waals surface area contributed by atoms with E-state index in [0.29, 0.717) is 12.1 Å². The Morgan fingerprint density at radius 3 is 2.35 bits per heavy atom. The van der Waals surface area contributed by atoms with E-state index in [1.165, 1.54) is 31.4 Å². The van der Waals surface area contributed by atoms with Crippen LogP contribution in [0.2, 0.25) is 0 Å². The van der Waals surface area contributed by atoms with Gasteiger partial charge in [-0.05, 0) is 45.0 Å². The molecule has 0 aliphatic heterocycles. The molecule has 0 heterocycles. The van der Waals surface area contributed by atoms with E-state index < -0.39 is 27.5 Å². The summed E-state index contributed by atoms with van der Waals surface area (Å²) in [5.41, 5.74) is -0.461. The van der Waals surface area contributed by atoms with Crippen molar-refractivity contribution in [1.29, 1.82) is 0 Å². The summed E-state index contributed by atoms with van der Waals surface area (Å²) >= 11 is 0. The molecular formula is C17H24FNO6S. The van der Waals surface area contributed by atoms with Gasteiger partial charge in [0.2, 0.25) is 9.84 Å². The van der Waals surface area contributed by atoms with Crippen LogP contribution in [-0.4, -0.2) is 46.3 Å². The van der Waals surface area contributed by atoms with Crippen LogP contribution in [0.25, 0.3) is 0 Å². The first-order valence-corrected chi connectivity index (χ1v) is 9.42. The minimum absolute atomic E-state index is 0.0777. The Bertz CT molecular complexity index is 723. The predicted octanol–water partition coefficient (Wildman–Crippen LogP) is 2.82. The second-order valence-electron chi connectivity index (χ2n) is 6.40. The van der Waals surface area contributed by atoms with Gasteiger partial charge in [-0.3, -0.25) is 0 Å². The van der Waals surface area contributed by atoms with Crippen molar-refractivity contribution in [3.05, 3.63) is 36.2 Å². The number of methoxy groups -OCH3 is 1. The molecule has 0 bridgehead atoms. The van der Waals surface area contributed by atoms with Crippen LogP contribution in [0.1, 0.15) is 20.8 Å². The molecule has 1 aromatic rings. The van der Waals surface area contributed by atoms with E-state index in [1.54, 1.807) is 20.8 Å². The standard InChI is InChI=1S/C17H24FNO6S/c1-17(2,3)25-16(20)19-10-13(9-18)11-24-14-5-7-15(8-6-14)26(21,22)12-23-4/h5-9H,10-12H2,1-4H3,(H,19,20)/b13-9+. The lowest BCUT2D eigenvalue weighted by Crippen LogP contribution is -2.34. The molecule has 0 aliphatic carbocycles. The zero-order valence-corrected chi connectivity index (χ0v) is 16.1. The van der Waals surface area contributed by atoms with Crippen molar-refractivity contribution in [2.75, 3.05) is 26.2 Å². The van der Waals surface area contributed by atoms with Crippen LogP contribution >= 0.6 is 0 Å². The van der Waals surface area contributed by atoms with Gasteiger partial charge in [-0.15, -0.1) is 0 Å². The van der Waals surface area contributed by atoms with Crippen molar-refractivity contribution in [2.24, 2.45) is 0 Å². The lowest BCUT2D eigenvalue weighted by molar-refractivity contribution is 0.0531. The van der Waals surface area contributed by atoms with E-state index in [2.05, 4.69) is 10.1 Å². The topological polar surface area (TPSA) is 90.9 Å². The van der Waals surface area contributed by atoms with Gasteiger partial charge in [0, 0.05) is 19.2 Å². The Balaban J connectivity index is 2.55. The molecule has 1 aromatic carbocycles. The number of ether oxygens (including phenoxy) is 3. The van der Waals surface area contributed by atoms with Crippen molar-refractivity contribution in [1.82, 2.24) is 5.32 Å². The molecule has 7 nitrogen and oxygen atoms in total. The van der Waals surface area contributed by atoms with Crippen LogP contribution in [0.15, 0.2) is 41.1 Å². The molecule has 0 radical (unpaired) electrons. The normalized spacial score (nSPS) is 12.6. The number of carbonyl (C=O) groups excluding carboxylic acids is 1. The number of hydrogen-bond donors (Lipinski definition) is 1. The van der Waals surface area contributed by atoms with Crippen LogP contribution in [0.3, 0.4) is 0 Å². The fourth-order valence-electron chi connectivity index (χ4n) is 1.76. The summed E-state index contributed by atoms with van der Waals surface area (Å²) in [4.78, 5) is 11.6. The van der Waals surface area contributed by atoms with Gasteiger partial charge < -0.3 is 19.5 Å². The zero-order chi connectivity index (χ0) is 19.8. The number of carbonyl (C=O) groups is 1. The fraction of sp³-hybridized carbons (Fsp3) is 0.471. The highest BCUT2D eigenvalue weighted by Gasteiger charge is 2.16. The van der Waals surface area contributed by atoms with Crippen LogP contribution < -0.4 is 10.1 Å². The van der Waals surface area contributed by atoms with Gasteiger partial charge in [0.05, 0.1) is 11.2 Å². The van der Waals surface area contributed by atoms with Crippen molar-refractivity contribution in [3.8, 4) is 5.75 Å². The van der Waals surface area contributed by atoms with Gasteiger partial charge in [0.15, 0.2) is 5.94 Å². The highest BCUT2D eigenvalue weighted by Crippen LogP contribution is 2.18. The molecule has 1 rings (SSSR count). The summed E-state index contributed by atoms with van der Waals surface area (Å²) in [6.07, 6.45) is -0.320. The summed E-state index contributed by atoms with van der Waals surface area (Å²) in [6, 6.07) is 5.67. The lowest BCUT2D eigenvalue weighted by atomic mass is 10.2. The molecule has 0 fully saturated rings. The zero-order valence-electron chi connectivity index (χ0n) is 15.2. The molecule has 1 N–H and O–H groups in total. The minimum atomic E-state index is -3.51. The number of amides is 1. The Kier molecular flexibility index (Phi) is 8.04. The molecule has 9 heteroatoms. The maximum atomic E-state index is 12.9. The van der Waals surface area contributed by atoms with E-state index in [4.69, 9.17) is 9.47 Å². The predicted molar refractivity (Wildman–Crippen MR) is 94.4 cm³/mol. The summed E-state index contributed by atoms with van der Waals surface area (Å²) in [5.74, 6) is -0.0591. The monoisotopic (exact) mass is 389 g/mol. The molecule has 0 unspecified atom stereocenters. The Labute approximate surface area is 153 Å². The van der Waals surface area contributed by atoms with Crippen molar-refractivity contribution in [3.63, 3.8) is 0 Å². The van der Waals surface area contributed by atoms with Crippen molar-refractivity contribution in [2.45, 2.75) is 31.3 Å². The molecule has 0 atom stereocenters. The first-order chi connectivity index (χ1) is 12.1. The first kappa shape index (κ1) is 21.9. The highest BCUT2D eigenvalue weighted by molar-refractivity contribution is 7.91. The largest absolute Gasteiger partial charge is 0.489 e. The third-order valence-electron chi connectivity index (χ3n) is 2.89.